The van der Waals surface area contributed by atoms with Gasteiger partial charge in [0.25, 0.3) is 0 Å². The van der Waals surface area contributed by atoms with Crippen LogP contribution in [-0.4, -0.2) is 37.6 Å². The molecule has 0 fully saturated rings. The van der Waals surface area contributed by atoms with Crippen LogP contribution in [0.25, 0.3) is 0 Å². The number of hydrogen-bond donors (Lipinski definition) is 2. The molecule has 28 heavy (non-hydrogen) atoms. The summed E-state index contributed by atoms with van der Waals surface area (Å²) in [6.07, 6.45) is 2.33. The number of aryl methyl sites for hydroxylation is 1. The van der Waals surface area contributed by atoms with E-state index in [4.69, 9.17) is 19.9 Å². The fourth-order valence-corrected chi connectivity index (χ4v) is 2.80. The van der Waals surface area contributed by atoms with Crippen molar-refractivity contribution in [3.8, 4) is 17.2 Å². The Morgan fingerprint density at radius 3 is 2.36 bits per heavy atom. The zero-order valence-electron chi connectivity index (χ0n) is 16.3. The molecular formula is C21H29BrClNO4. The van der Waals surface area contributed by atoms with Crippen LogP contribution >= 0.6 is 28.3 Å². The zero-order valence-corrected chi connectivity index (χ0v) is 18.7. The van der Waals surface area contributed by atoms with Gasteiger partial charge in [-0.15, -0.1) is 12.4 Å². The molecule has 5 nitrogen and oxygen atoms in total. The molecule has 7 heteroatoms. The van der Waals surface area contributed by atoms with Crippen molar-refractivity contribution in [1.82, 2.24) is 0 Å². The number of ether oxygens (including phenoxy) is 3. The summed E-state index contributed by atoms with van der Waals surface area (Å²) in [6, 6.07) is 13.7. The van der Waals surface area contributed by atoms with Crippen LogP contribution in [0.4, 0.5) is 0 Å². The van der Waals surface area contributed by atoms with E-state index in [9.17, 15) is 5.11 Å². The van der Waals surface area contributed by atoms with E-state index in [-0.39, 0.29) is 19.0 Å². The molecule has 0 aliphatic heterocycles. The maximum atomic E-state index is 9.21. The molecule has 0 saturated heterocycles. The largest absolute Gasteiger partial charge is 0.493 e. The number of aliphatic hydroxyl groups is 1. The van der Waals surface area contributed by atoms with Crippen molar-refractivity contribution in [3.05, 3.63) is 52.5 Å². The van der Waals surface area contributed by atoms with E-state index in [2.05, 4.69) is 15.9 Å². The van der Waals surface area contributed by atoms with Crippen LogP contribution in [0.15, 0.2) is 46.9 Å². The van der Waals surface area contributed by atoms with Gasteiger partial charge in [0.05, 0.1) is 26.9 Å². The molecule has 0 amide bonds. The fraction of sp³-hybridized carbons (Fsp3) is 0.429. The van der Waals surface area contributed by atoms with E-state index in [1.165, 1.54) is 5.56 Å². The van der Waals surface area contributed by atoms with Crippen molar-refractivity contribution in [3.63, 3.8) is 0 Å². The molecule has 2 aromatic carbocycles. The van der Waals surface area contributed by atoms with Crippen LogP contribution < -0.4 is 19.9 Å². The zero-order chi connectivity index (χ0) is 19.7. The van der Waals surface area contributed by atoms with Gasteiger partial charge in [-0.05, 0) is 55.7 Å². The Morgan fingerprint density at radius 1 is 1.04 bits per heavy atom. The summed E-state index contributed by atoms with van der Waals surface area (Å²) in [7, 11) is 1.63. The molecule has 0 spiro atoms. The number of aliphatic hydroxyl groups excluding tert-OH is 1. The first-order valence-corrected chi connectivity index (χ1v) is 9.80. The van der Waals surface area contributed by atoms with E-state index in [1.807, 2.05) is 49.4 Å². The fourth-order valence-electron chi connectivity index (χ4n) is 2.46. The van der Waals surface area contributed by atoms with Crippen LogP contribution in [0.3, 0.4) is 0 Å². The molecule has 3 N–H and O–H groups in total. The van der Waals surface area contributed by atoms with Crippen molar-refractivity contribution in [2.24, 2.45) is 5.73 Å². The third kappa shape index (κ3) is 8.27. The van der Waals surface area contributed by atoms with Gasteiger partial charge in [-0.2, -0.15) is 0 Å². The molecule has 2 rings (SSSR count). The molecule has 2 aromatic rings. The van der Waals surface area contributed by atoms with E-state index < -0.39 is 5.54 Å². The molecular weight excluding hydrogens is 446 g/mol. The van der Waals surface area contributed by atoms with E-state index in [1.54, 1.807) is 7.11 Å². The molecule has 0 aromatic heterocycles. The van der Waals surface area contributed by atoms with Gasteiger partial charge >= 0.3 is 0 Å². The van der Waals surface area contributed by atoms with Crippen LogP contribution in [0, 0.1) is 0 Å². The minimum Gasteiger partial charge on any atom is -0.493 e. The van der Waals surface area contributed by atoms with Crippen molar-refractivity contribution >= 4 is 28.3 Å². The van der Waals surface area contributed by atoms with E-state index in [0.717, 1.165) is 29.5 Å². The standard InChI is InChI=1S/C21H28BrNO4.ClH/c1-21(23,15-24)11-10-16-4-7-18(8-5-16)26-12-3-13-27-20-14-17(22)6-9-19(20)25-2;/h4-9,14,24H,3,10-13,15,23H2,1-2H3;1H. The maximum Gasteiger partial charge on any atom is 0.162 e. The Balaban J connectivity index is 0.00000392. The summed E-state index contributed by atoms with van der Waals surface area (Å²) in [5, 5.41) is 9.21. The third-order valence-corrected chi connectivity index (χ3v) is 4.70. The summed E-state index contributed by atoms with van der Waals surface area (Å²) >= 11 is 3.43. The van der Waals surface area contributed by atoms with Gasteiger partial charge in [0.2, 0.25) is 0 Å². The second-order valence-electron chi connectivity index (χ2n) is 6.80. The smallest absolute Gasteiger partial charge is 0.162 e. The van der Waals surface area contributed by atoms with E-state index in [0.29, 0.717) is 24.7 Å². The van der Waals surface area contributed by atoms with Crippen molar-refractivity contribution in [1.29, 1.82) is 0 Å². The third-order valence-electron chi connectivity index (χ3n) is 4.21. The average Bonchev–Trinajstić information content (AvgIpc) is 2.67. The Hall–Kier alpha value is -1.47. The highest BCUT2D eigenvalue weighted by Crippen LogP contribution is 2.30. The highest BCUT2D eigenvalue weighted by Gasteiger charge is 2.16. The first kappa shape index (κ1) is 24.6. The summed E-state index contributed by atoms with van der Waals surface area (Å²) in [5.74, 6) is 2.26. The molecule has 0 aliphatic carbocycles. The lowest BCUT2D eigenvalue weighted by Gasteiger charge is -2.21. The highest BCUT2D eigenvalue weighted by molar-refractivity contribution is 9.10. The second kappa shape index (κ2) is 12.2. The molecule has 0 saturated carbocycles. The molecule has 0 aliphatic rings. The van der Waals surface area contributed by atoms with Crippen LogP contribution in [-0.2, 0) is 6.42 Å². The van der Waals surface area contributed by atoms with Gasteiger partial charge in [0.15, 0.2) is 11.5 Å². The summed E-state index contributed by atoms with van der Waals surface area (Å²) < 4.78 is 17.8. The monoisotopic (exact) mass is 473 g/mol. The van der Waals surface area contributed by atoms with Crippen molar-refractivity contribution in [2.75, 3.05) is 26.9 Å². The van der Waals surface area contributed by atoms with Gasteiger partial charge in [-0.1, -0.05) is 28.1 Å². The van der Waals surface area contributed by atoms with Gasteiger partial charge in [0, 0.05) is 16.4 Å². The molecule has 0 radical (unpaired) electrons. The maximum absolute atomic E-state index is 9.21. The number of nitrogens with two attached hydrogens (primary N) is 1. The van der Waals surface area contributed by atoms with Gasteiger partial charge in [-0.25, -0.2) is 0 Å². The molecule has 0 heterocycles. The van der Waals surface area contributed by atoms with Crippen LogP contribution in [0.5, 0.6) is 17.2 Å². The molecule has 1 atom stereocenters. The van der Waals surface area contributed by atoms with Crippen LogP contribution in [0.1, 0.15) is 25.3 Å². The molecule has 156 valence electrons. The van der Waals surface area contributed by atoms with Crippen molar-refractivity contribution < 1.29 is 19.3 Å². The predicted octanol–water partition coefficient (Wildman–Crippen LogP) is 4.37. The Labute approximate surface area is 181 Å². The quantitative estimate of drug-likeness (QED) is 0.473. The number of halogens is 2. The molecule has 1 unspecified atom stereocenters. The first-order chi connectivity index (χ1) is 12.9. The average molecular weight is 475 g/mol. The highest BCUT2D eigenvalue weighted by atomic mass is 79.9. The second-order valence-corrected chi connectivity index (χ2v) is 7.72. The summed E-state index contributed by atoms with van der Waals surface area (Å²) in [4.78, 5) is 0. The Morgan fingerprint density at radius 2 is 1.71 bits per heavy atom. The predicted molar refractivity (Wildman–Crippen MR) is 118 cm³/mol. The normalized spacial score (nSPS) is 12.6. The number of methoxy groups -OCH3 is 1. The van der Waals surface area contributed by atoms with Crippen molar-refractivity contribution in [2.45, 2.75) is 31.7 Å². The van der Waals surface area contributed by atoms with Gasteiger partial charge in [-0.3, -0.25) is 0 Å². The SMILES string of the molecule is COc1ccc(Br)cc1OCCCOc1ccc(CCC(C)(N)CO)cc1.Cl. The number of hydrogen-bond acceptors (Lipinski definition) is 5. The minimum absolute atomic E-state index is 0. The molecule has 0 bridgehead atoms. The van der Waals surface area contributed by atoms with Gasteiger partial charge in [0.1, 0.15) is 5.75 Å². The van der Waals surface area contributed by atoms with E-state index >= 15 is 0 Å². The van der Waals surface area contributed by atoms with Gasteiger partial charge < -0.3 is 25.1 Å². The lowest BCUT2D eigenvalue weighted by molar-refractivity contribution is 0.200. The first-order valence-electron chi connectivity index (χ1n) is 9.01. The number of benzene rings is 2. The Bertz CT molecular complexity index is 710. The summed E-state index contributed by atoms with van der Waals surface area (Å²) in [5.41, 5.74) is 6.60. The topological polar surface area (TPSA) is 73.9 Å². The minimum atomic E-state index is -0.536. The summed E-state index contributed by atoms with van der Waals surface area (Å²) in [6.45, 7) is 2.96. The lowest BCUT2D eigenvalue weighted by Crippen LogP contribution is -2.40. The lowest BCUT2D eigenvalue weighted by atomic mass is 9.95. The van der Waals surface area contributed by atoms with Crippen LogP contribution in [0.2, 0.25) is 0 Å². The number of rotatable bonds is 11. The Kier molecular flexibility index (Phi) is 10.7.